The molecule has 1 rings (SSSR count). The van der Waals surface area contributed by atoms with Crippen LogP contribution in [0.5, 0.6) is 0 Å². The van der Waals surface area contributed by atoms with Crippen molar-refractivity contribution in [3.05, 3.63) is 12.2 Å². The summed E-state index contributed by atoms with van der Waals surface area (Å²) in [6, 6.07) is 0. The molecule has 14 heavy (non-hydrogen) atoms. The number of carbonyl (C=O) groups excluding carboxylic acids is 1. The van der Waals surface area contributed by atoms with Crippen LogP contribution in [0.2, 0.25) is 0 Å². The molecule has 0 aliphatic heterocycles. The molecule has 1 fully saturated rings. The van der Waals surface area contributed by atoms with Crippen molar-refractivity contribution in [2.24, 2.45) is 0 Å². The molecule has 80 valence electrons. The summed E-state index contributed by atoms with van der Waals surface area (Å²) < 4.78 is 4.74. The fraction of sp³-hybridized carbons (Fsp3) is 0.727. The van der Waals surface area contributed by atoms with Crippen molar-refractivity contribution in [1.82, 2.24) is 0 Å². The van der Waals surface area contributed by atoms with Crippen molar-refractivity contribution in [3.63, 3.8) is 0 Å². The quantitative estimate of drug-likeness (QED) is 0.555. The summed E-state index contributed by atoms with van der Waals surface area (Å²) in [6.07, 6.45) is 7.67. The van der Waals surface area contributed by atoms with Gasteiger partial charge >= 0.3 is 5.97 Å². The van der Waals surface area contributed by atoms with Crippen LogP contribution in [-0.2, 0) is 9.53 Å². The Morgan fingerprint density at radius 2 is 2.07 bits per heavy atom. The number of ether oxygens (including phenoxy) is 1. The average molecular weight is 198 g/mol. The standard InChI is InChI=1S/C11H18O3/c1-2-14-10(12)6-9-11(13)7-4-3-5-8-11/h6,9,13H,2-5,7-8H2,1H3/b9-6+. The molecule has 1 aliphatic carbocycles. The van der Waals surface area contributed by atoms with Crippen LogP contribution in [0, 0.1) is 0 Å². The van der Waals surface area contributed by atoms with Gasteiger partial charge in [-0.05, 0) is 25.8 Å². The third-order valence-electron chi connectivity index (χ3n) is 2.54. The lowest BCUT2D eigenvalue weighted by Crippen LogP contribution is -2.28. The Kier molecular flexibility index (Phi) is 4.14. The molecule has 0 spiro atoms. The first-order valence-corrected chi connectivity index (χ1v) is 5.25. The van der Waals surface area contributed by atoms with E-state index in [-0.39, 0.29) is 5.97 Å². The van der Waals surface area contributed by atoms with E-state index in [1.165, 1.54) is 12.5 Å². The fourth-order valence-corrected chi connectivity index (χ4v) is 1.74. The second-order valence-corrected chi connectivity index (χ2v) is 3.75. The Bertz CT molecular complexity index is 215. The molecule has 0 aromatic carbocycles. The smallest absolute Gasteiger partial charge is 0.330 e. The van der Waals surface area contributed by atoms with Gasteiger partial charge in [0.2, 0.25) is 0 Å². The van der Waals surface area contributed by atoms with Gasteiger partial charge in [-0.25, -0.2) is 4.79 Å². The third kappa shape index (κ3) is 3.50. The van der Waals surface area contributed by atoms with Gasteiger partial charge in [0.1, 0.15) is 0 Å². The third-order valence-corrected chi connectivity index (χ3v) is 2.54. The first-order valence-electron chi connectivity index (χ1n) is 5.25. The maximum atomic E-state index is 11.0. The van der Waals surface area contributed by atoms with Crippen LogP contribution in [0.25, 0.3) is 0 Å². The number of esters is 1. The zero-order valence-electron chi connectivity index (χ0n) is 8.66. The highest BCUT2D eigenvalue weighted by Gasteiger charge is 2.26. The zero-order valence-corrected chi connectivity index (χ0v) is 8.66. The molecule has 0 bridgehead atoms. The summed E-state index contributed by atoms with van der Waals surface area (Å²) in [5.74, 6) is -0.369. The van der Waals surface area contributed by atoms with E-state index in [4.69, 9.17) is 4.74 Å². The first kappa shape index (κ1) is 11.2. The van der Waals surface area contributed by atoms with E-state index in [1.54, 1.807) is 13.0 Å². The molecule has 0 aromatic heterocycles. The van der Waals surface area contributed by atoms with Gasteiger partial charge in [0.15, 0.2) is 0 Å². The highest BCUT2D eigenvalue weighted by molar-refractivity contribution is 5.82. The SMILES string of the molecule is CCOC(=O)/C=C/C1(O)CCCCC1. The molecule has 0 radical (unpaired) electrons. The van der Waals surface area contributed by atoms with Crippen molar-refractivity contribution in [2.45, 2.75) is 44.6 Å². The number of carbonyl (C=O) groups is 1. The Hall–Kier alpha value is -0.830. The molecule has 1 N–H and O–H groups in total. The first-order chi connectivity index (χ1) is 6.66. The van der Waals surface area contributed by atoms with E-state index < -0.39 is 5.60 Å². The summed E-state index contributed by atoms with van der Waals surface area (Å²) >= 11 is 0. The average Bonchev–Trinajstić information content (AvgIpc) is 2.17. The van der Waals surface area contributed by atoms with Crippen molar-refractivity contribution < 1.29 is 14.6 Å². The summed E-state index contributed by atoms with van der Waals surface area (Å²) in [6.45, 7) is 2.14. The molecule has 1 saturated carbocycles. The maximum absolute atomic E-state index is 11.0. The van der Waals surface area contributed by atoms with Crippen LogP contribution in [0.15, 0.2) is 12.2 Å². The van der Waals surface area contributed by atoms with Gasteiger partial charge in [0.25, 0.3) is 0 Å². The molecule has 0 heterocycles. The van der Waals surface area contributed by atoms with Crippen LogP contribution in [0.3, 0.4) is 0 Å². The van der Waals surface area contributed by atoms with Gasteiger partial charge in [-0.1, -0.05) is 19.3 Å². The van der Waals surface area contributed by atoms with Gasteiger partial charge in [-0.3, -0.25) is 0 Å². The van der Waals surface area contributed by atoms with Crippen LogP contribution >= 0.6 is 0 Å². The Labute approximate surface area is 84.8 Å². The lowest BCUT2D eigenvalue weighted by atomic mass is 9.85. The topological polar surface area (TPSA) is 46.5 Å². The van der Waals surface area contributed by atoms with E-state index in [0.29, 0.717) is 6.61 Å². The van der Waals surface area contributed by atoms with Crippen LogP contribution in [-0.4, -0.2) is 23.3 Å². The fourth-order valence-electron chi connectivity index (χ4n) is 1.74. The predicted octanol–water partition coefficient (Wildman–Crippen LogP) is 1.80. The Morgan fingerprint density at radius 3 is 2.64 bits per heavy atom. The predicted molar refractivity (Wildman–Crippen MR) is 53.8 cm³/mol. The summed E-state index contributed by atoms with van der Waals surface area (Å²) in [7, 11) is 0. The molecule has 0 amide bonds. The molecule has 3 heteroatoms. The van der Waals surface area contributed by atoms with Crippen LogP contribution < -0.4 is 0 Å². The lowest BCUT2D eigenvalue weighted by molar-refractivity contribution is -0.137. The van der Waals surface area contributed by atoms with Gasteiger partial charge in [-0.15, -0.1) is 0 Å². The number of hydrogen-bond acceptors (Lipinski definition) is 3. The van der Waals surface area contributed by atoms with Crippen molar-refractivity contribution >= 4 is 5.97 Å². The lowest BCUT2D eigenvalue weighted by Gasteiger charge is -2.28. The minimum absolute atomic E-state index is 0.369. The summed E-state index contributed by atoms with van der Waals surface area (Å²) in [4.78, 5) is 11.0. The second kappa shape index (κ2) is 5.15. The Balaban J connectivity index is 2.44. The van der Waals surface area contributed by atoms with Gasteiger partial charge in [0, 0.05) is 6.08 Å². The molecular weight excluding hydrogens is 180 g/mol. The van der Waals surface area contributed by atoms with E-state index in [2.05, 4.69) is 0 Å². The van der Waals surface area contributed by atoms with Gasteiger partial charge in [0.05, 0.1) is 12.2 Å². The van der Waals surface area contributed by atoms with E-state index in [0.717, 1.165) is 25.7 Å². The van der Waals surface area contributed by atoms with Crippen LogP contribution in [0.4, 0.5) is 0 Å². The largest absolute Gasteiger partial charge is 0.463 e. The zero-order chi connectivity index (χ0) is 10.4. The second-order valence-electron chi connectivity index (χ2n) is 3.75. The highest BCUT2D eigenvalue weighted by Crippen LogP contribution is 2.28. The maximum Gasteiger partial charge on any atom is 0.330 e. The number of aliphatic hydroxyl groups is 1. The van der Waals surface area contributed by atoms with Gasteiger partial charge in [-0.2, -0.15) is 0 Å². The summed E-state index contributed by atoms with van der Waals surface area (Å²) in [5, 5.41) is 9.99. The van der Waals surface area contributed by atoms with Gasteiger partial charge < -0.3 is 9.84 Å². The molecule has 1 aliphatic rings. The minimum atomic E-state index is -0.773. The molecule has 0 aromatic rings. The van der Waals surface area contributed by atoms with Crippen molar-refractivity contribution in [1.29, 1.82) is 0 Å². The molecule has 3 nitrogen and oxygen atoms in total. The number of hydrogen-bond donors (Lipinski definition) is 1. The summed E-state index contributed by atoms with van der Waals surface area (Å²) in [5.41, 5.74) is -0.773. The van der Waals surface area contributed by atoms with Crippen molar-refractivity contribution in [2.75, 3.05) is 6.61 Å². The van der Waals surface area contributed by atoms with E-state index >= 15 is 0 Å². The van der Waals surface area contributed by atoms with Crippen molar-refractivity contribution in [3.8, 4) is 0 Å². The van der Waals surface area contributed by atoms with E-state index in [1.807, 2.05) is 0 Å². The Morgan fingerprint density at radius 1 is 1.43 bits per heavy atom. The van der Waals surface area contributed by atoms with E-state index in [9.17, 15) is 9.90 Å². The monoisotopic (exact) mass is 198 g/mol. The molecule has 0 atom stereocenters. The van der Waals surface area contributed by atoms with Crippen LogP contribution in [0.1, 0.15) is 39.0 Å². The molecular formula is C11H18O3. The minimum Gasteiger partial charge on any atom is -0.463 e. The number of rotatable bonds is 3. The molecule has 0 unspecified atom stereocenters. The molecule has 0 saturated heterocycles. The normalized spacial score (nSPS) is 21.0. The highest BCUT2D eigenvalue weighted by atomic mass is 16.5.